The fraction of sp³-hybridized carbons (Fsp3) is 0.500. The second kappa shape index (κ2) is 20.9. The minimum Gasteiger partial charge on any atom is -0.385 e. The van der Waals surface area contributed by atoms with Crippen LogP contribution < -0.4 is 10.2 Å². The van der Waals surface area contributed by atoms with E-state index in [9.17, 15) is 0 Å². The van der Waals surface area contributed by atoms with E-state index in [1.54, 1.807) is 0 Å². The van der Waals surface area contributed by atoms with Crippen molar-refractivity contribution in [2.75, 3.05) is 74.6 Å². The highest BCUT2D eigenvalue weighted by molar-refractivity contribution is 14.1. The van der Waals surface area contributed by atoms with Gasteiger partial charge in [-0.1, -0.05) is 119 Å². The Morgan fingerprint density at radius 1 is 0.618 bits per heavy atom. The lowest BCUT2D eigenvalue weighted by molar-refractivity contribution is 0.101. The zero-order chi connectivity index (χ0) is 38.5. The molecule has 2 heterocycles. The average molecular weight is 894 g/mol. The maximum absolute atomic E-state index is 6.12. The Kier molecular flexibility index (Phi) is 16.1. The van der Waals surface area contributed by atoms with E-state index < -0.39 is 0 Å². The van der Waals surface area contributed by atoms with Crippen LogP contribution >= 0.6 is 45.8 Å². The SMILES string of the molecule is CI.CN(C[C@@H]1CCCN(CC2(c3ccc(Cl)cc3)CCC2)C1)c1ccccc1.Clc1ccc(C2(CN3CCC[C@@H](CNc4ccccc4)C3)CCC2)cc1. The molecule has 2 saturated carbocycles. The summed E-state index contributed by atoms with van der Waals surface area (Å²) < 4.78 is 0. The van der Waals surface area contributed by atoms with E-state index in [0.29, 0.717) is 10.8 Å². The normalized spacial score (nSPS) is 21.7. The van der Waals surface area contributed by atoms with Crippen molar-refractivity contribution in [3.05, 3.63) is 130 Å². The predicted molar refractivity (Wildman–Crippen MR) is 247 cm³/mol. The molecule has 0 aromatic heterocycles. The van der Waals surface area contributed by atoms with E-state index in [0.717, 1.165) is 35.0 Å². The molecule has 2 aliphatic carbocycles. The van der Waals surface area contributed by atoms with Gasteiger partial charge < -0.3 is 20.0 Å². The molecular weight excluding hydrogens is 830 g/mol. The molecule has 2 saturated heterocycles. The molecule has 4 aromatic rings. The quantitative estimate of drug-likeness (QED) is 0.113. The summed E-state index contributed by atoms with van der Waals surface area (Å²) in [6.45, 7) is 9.58. The molecule has 2 aliphatic heterocycles. The molecule has 4 fully saturated rings. The molecule has 0 bridgehead atoms. The average Bonchev–Trinajstić information content (AvgIpc) is 3.20. The third-order valence-corrected chi connectivity index (χ3v) is 13.4. The highest BCUT2D eigenvalue weighted by Crippen LogP contribution is 2.46. The summed E-state index contributed by atoms with van der Waals surface area (Å²) in [5, 5.41) is 5.31. The van der Waals surface area contributed by atoms with Gasteiger partial charge in [-0.3, -0.25) is 0 Å². The first-order valence-corrected chi connectivity index (χ1v) is 23.7. The third kappa shape index (κ3) is 11.7. The first-order chi connectivity index (χ1) is 26.9. The zero-order valence-electron chi connectivity index (χ0n) is 33.3. The molecule has 0 radical (unpaired) electrons. The second-order valence-electron chi connectivity index (χ2n) is 16.7. The van der Waals surface area contributed by atoms with Crippen LogP contribution in [-0.2, 0) is 10.8 Å². The number of hydrogen-bond acceptors (Lipinski definition) is 4. The van der Waals surface area contributed by atoms with E-state index >= 15 is 0 Å². The minimum atomic E-state index is 0.359. The van der Waals surface area contributed by atoms with Gasteiger partial charge in [0.25, 0.3) is 0 Å². The number of likely N-dealkylation sites (tertiary alicyclic amines) is 2. The van der Waals surface area contributed by atoms with Crippen molar-refractivity contribution in [3.8, 4) is 0 Å². The van der Waals surface area contributed by atoms with E-state index in [1.165, 1.54) is 126 Å². The van der Waals surface area contributed by atoms with Gasteiger partial charge in [0, 0.05) is 78.6 Å². The summed E-state index contributed by atoms with van der Waals surface area (Å²) >= 11 is 14.4. The Balaban J connectivity index is 0.000000179. The number of nitrogens with one attached hydrogen (secondary N) is 1. The summed E-state index contributed by atoms with van der Waals surface area (Å²) in [4.78, 5) is 9.85. The molecule has 4 aromatic carbocycles. The molecule has 1 N–H and O–H groups in total. The van der Waals surface area contributed by atoms with Gasteiger partial charge in [0.2, 0.25) is 0 Å². The second-order valence-corrected chi connectivity index (χ2v) is 17.6. The third-order valence-electron chi connectivity index (χ3n) is 12.9. The summed E-state index contributed by atoms with van der Waals surface area (Å²) in [5.41, 5.74) is 6.25. The summed E-state index contributed by atoms with van der Waals surface area (Å²) in [7, 11) is 2.23. The summed E-state index contributed by atoms with van der Waals surface area (Å²) in [6, 6.07) is 38.6. The Bertz CT molecular complexity index is 1680. The minimum absolute atomic E-state index is 0.359. The topological polar surface area (TPSA) is 21.8 Å². The lowest BCUT2D eigenvalue weighted by Gasteiger charge is -2.47. The van der Waals surface area contributed by atoms with Crippen LogP contribution in [-0.4, -0.2) is 74.1 Å². The maximum atomic E-state index is 6.12. The first kappa shape index (κ1) is 42.3. The smallest absolute Gasteiger partial charge is 0.0406 e. The molecule has 0 unspecified atom stereocenters. The molecule has 296 valence electrons. The van der Waals surface area contributed by atoms with Gasteiger partial charge >= 0.3 is 0 Å². The van der Waals surface area contributed by atoms with Crippen LogP contribution in [0.15, 0.2) is 109 Å². The largest absolute Gasteiger partial charge is 0.385 e. The number of hydrogen-bond donors (Lipinski definition) is 1. The van der Waals surface area contributed by atoms with Crippen LogP contribution in [0.4, 0.5) is 11.4 Å². The number of benzene rings is 4. The number of rotatable bonds is 12. The fourth-order valence-electron chi connectivity index (χ4n) is 9.65. The molecule has 2 atom stereocenters. The van der Waals surface area contributed by atoms with Crippen molar-refractivity contribution in [2.24, 2.45) is 11.8 Å². The van der Waals surface area contributed by atoms with Gasteiger partial charge in [-0.2, -0.15) is 0 Å². The molecule has 4 aliphatic rings. The number of halogens is 3. The molecule has 7 heteroatoms. The molecule has 55 heavy (non-hydrogen) atoms. The number of alkyl halides is 1. The number of para-hydroxylation sites is 2. The highest BCUT2D eigenvalue weighted by atomic mass is 127. The Morgan fingerprint density at radius 2 is 1.07 bits per heavy atom. The first-order valence-electron chi connectivity index (χ1n) is 20.8. The van der Waals surface area contributed by atoms with Crippen LogP contribution in [0.5, 0.6) is 0 Å². The number of piperidine rings is 2. The van der Waals surface area contributed by atoms with Crippen molar-refractivity contribution in [2.45, 2.75) is 75.0 Å². The molecule has 0 spiro atoms. The lowest BCUT2D eigenvalue weighted by atomic mass is 9.64. The maximum Gasteiger partial charge on any atom is 0.0406 e. The van der Waals surface area contributed by atoms with Gasteiger partial charge in [-0.15, -0.1) is 0 Å². The molecule has 4 nitrogen and oxygen atoms in total. The van der Waals surface area contributed by atoms with Gasteiger partial charge in [0.05, 0.1) is 0 Å². The Labute approximate surface area is 356 Å². The highest BCUT2D eigenvalue weighted by Gasteiger charge is 2.42. The van der Waals surface area contributed by atoms with Crippen molar-refractivity contribution in [1.29, 1.82) is 0 Å². The number of anilines is 2. The Hall–Kier alpha value is -2.29. The van der Waals surface area contributed by atoms with Gasteiger partial charge in [-0.05, 0) is 141 Å². The van der Waals surface area contributed by atoms with Crippen LogP contribution in [0.3, 0.4) is 0 Å². The van der Waals surface area contributed by atoms with Crippen LogP contribution in [0.25, 0.3) is 0 Å². The van der Waals surface area contributed by atoms with E-state index in [-0.39, 0.29) is 0 Å². The van der Waals surface area contributed by atoms with Crippen molar-refractivity contribution < 1.29 is 0 Å². The van der Waals surface area contributed by atoms with Crippen LogP contribution in [0, 0.1) is 11.8 Å². The monoisotopic (exact) mass is 892 g/mol. The van der Waals surface area contributed by atoms with Crippen LogP contribution in [0.2, 0.25) is 10.0 Å². The lowest BCUT2D eigenvalue weighted by Crippen LogP contribution is -2.49. The van der Waals surface area contributed by atoms with Crippen LogP contribution in [0.1, 0.15) is 75.3 Å². The van der Waals surface area contributed by atoms with E-state index in [1.807, 2.05) is 4.93 Å². The molecule has 0 amide bonds. The fourth-order valence-corrected chi connectivity index (χ4v) is 9.90. The molecule has 8 rings (SSSR count). The zero-order valence-corrected chi connectivity index (χ0v) is 36.9. The van der Waals surface area contributed by atoms with E-state index in [2.05, 4.69) is 159 Å². The van der Waals surface area contributed by atoms with Crippen molar-refractivity contribution >= 4 is 57.2 Å². The summed E-state index contributed by atoms with van der Waals surface area (Å²) in [6.07, 6.45) is 13.3. The predicted octanol–water partition coefficient (Wildman–Crippen LogP) is 12.2. The van der Waals surface area contributed by atoms with Gasteiger partial charge in [0.1, 0.15) is 0 Å². The van der Waals surface area contributed by atoms with Crippen molar-refractivity contribution in [1.82, 2.24) is 9.80 Å². The van der Waals surface area contributed by atoms with Crippen molar-refractivity contribution in [3.63, 3.8) is 0 Å². The Morgan fingerprint density at radius 3 is 1.55 bits per heavy atom. The number of nitrogens with zero attached hydrogens (tertiary/aromatic N) is 3. The van der Waals surface area contributed by atoms with Gasteiger partial charge in [-0.25, -0.2) is 0 Å². The molecular formula is C48H63Cl2IN4. The van der Waals surface area contributed by atoms with Gasteiger partial charge in [0.15, 0.2) is 0 Å². The van der Waals surface area contributed by atoms with E-state index in [4.69, 9.17) is 23.2 Å². The standard InChI is InChI=1S/C24H31ClN2.C23H29ClN2.CH3I/c1-26(23-8-3-2-4-9-23)17-20-7-5-16-27(18-20)19-24(14-6-15-24)21-10-12-22(25)13-11-21;24-21-11-9-20(10-12-21)23(13-5-14-23)18-26-15-4-6-19(17-26)16-25-22-7-2-1-3-8-22;1-2/h2-4,8-13,20H,5-7,14-19H2,1H3;1-3,7-12,19,25H,4-6,13-18H2;1H3/t20-;19-;/m00./s1. The summed E-state index contributed by atoms with van der Waals surface area (Å²) in [5.74, 6) is 1.50.